The van der Waals surface area contributed by atoms with Gasteiger partial charge in [0.15, 0.2) is 0 Å². The number of rotatable bonds is 1. The van der Waals surface area contributed by atoms with Crippen LogP contribution in [0.3, 0.4) is 0 Å². The molecular formula is C20H28BrFN2O2. The Morgan fingerprint density at radius 3 is 2.35 bits per heavy atom. The number of pyridine rings is 1. The first-order valence-electron chi connectivity index (χ1n) is 8.74. The Morgan fingerprint density at radius 2 is 1.88 bits per heavy atom. The van der Waals surface area contributed by atoms with Crippen LogP contribution < -0.4 is 4.90 Å². The van der Waals surface area contributed by atoms with E-state index in [0.29, 0.717) is 9.99 Å². The number of aliphatic hydroxyl groups excluding tert-OH is 1. The zero-order valence-electron chi connectivity index (χ0n) is 16.1. The van der Waals surface area contributed by atoms with Gasteiger partial charge in [-0.1, -0.05) is 32.6 Å². The van der Waals surface area contributed by atoms with Gasteiger partial charge in [0.05, 0.1) is 21.9 Å². The molecule has 0 unspecified atom stereocenters. The number of amides is 1. The lowest BCUT2D eigenvalue weighted by atomic mass is 10.1. The summed E-state index contributed by atoms with van der Waals surface area (Å²) in [6, 6.07) is 3.06. The summed E-state index contributed by atoms with van der Waals surface area (Å²) in [6.07, 6.45) is 7.54. The van der Waals surface area contributed by atoms with Crippen molar-refractivity contribution in [2.45, 2.75) is 46.5 Å². The normalized spacial score (nSPS) is 13.5. The highest BCUT2D eigenvalue weighted by Gasteiger charge is 2.13. The summed E-state index contributed by atoms with van der Waals surface area (Å²) in [6.45, 7) is 5.72. The summed E-state index contributed by atoms with van der Waals surface area (Å²) in [7, 11) is 2.69. The van der Waals surface area contributed by atoms with E-state index in [2.05, 4.69) is 27.8 Å². The second kappa shape index (κ2) is 10.6. The number of hydrogen-bond donors (Lipinski definition) is 1. The fourth-order valence-electron chi connectivity index (χ4n) is 2.95. The maximum atomic E-state index is 13.4. The molecule has 0 bridgehead atoms. The predicted octanol–water partition coefficient (Wildman–Crippen LogP) is 5.23. The van der Waals surface area contributed by atoms with Gasteiger partial charge in [0.25, 0.3) is 0 Å². The molecule has 1 N–H and O–H groups in total. The first-order valence-corrected chi connectivity index (χ1v) is 9.54. The van der Waals surface area contributed by atoms with Crippen molar-refractivity contribution >= 4 is 38.4 Å². The molecule has 0 radical (unpaired) electrons. The Kier molecular flexibility index (Phi) is 9.16. The first-order chi connectivity index (χ1) is 12.3. The summed E-state index contributed by atoms with van der Waals surface area (Å²) < 4.78 is 13.8. The molecule has 1 aromatic heterocycles. The monoisotopic (exact) mass is 426 g/mol. The van der Waals surface area contributed by atoms with Crippen LogP contribution >= 0.6 is 15.9 Å². The lowest BCUT2D eigenvalue weighted by Crippen LogP contribution is -2.23. The number of halogens is 2. The van der Waals surface area contributed by atoms with E-state index in [1.807, 2.05) is 6.92 Å². The van der Waals surface area contributed by atoms with Gasteiger partial charge in [-0.15, -0.1) is 0 Å². The fourth-order valence-corrected chi connectivity index (χ4v) is 3.29. The van der Waals surface area contributed by atoms with Gasteiger partial charge in [0.1, 0.15) is 5.82 Å². The molecule has 1 saturated carbocycles. The van der Waals surface area contributed by atoms with Gasteiger partial charge >= 0.3 is 0 Å². The predicted molar refractivity (Wildman–Crippen MR) is 109 cm³/mol. The molecular weight excluding hydrogens is 399 g/mol. The van der Waals surface area contributed by atoms with Crippen LogP contribution in [0.25, 0.3) is 10.9 Å². The Hall–Kier alpha value is -1.53. The summed E-state index contributed by atoms with van der Waals surface area (Å²) in [5.41, 5.74) is 2.21. The van der Waals surface area contributed by atoms with E-state index >= 15 is 0 Å². The second-order valence-corrected chi connectivity index (χ2v) is 7.37. The van der Waals surface area contributed by atoms with E-state index in [-0.39, 0.29) is 11.7 Å². The van der Waals surface area contributed by atoms with Gasteiger partial charge in [0.2, 0.25) is 5.91 Å². The van der Waals surface area contributed by atoms with Crippen LogP contribution in [0.1, 0.15) is 45.1 Å². The SMILES string of the molecule is CC(=O)N(C)c1cnc2cc(F)c(Br)cc2c1C.CC1CCCC1.CO. The minimum atomic E-state index is -0.345. The van der Waals surface area contributed by atoms with Crippen LogP contribution in [0.4, 0.5) is 10.1 Å². The minimum absolute atomic E-state index is 0.0690. The first kappa shape index (κ1) is 22.5. The van der Waals surface area contributed by atoms with E-state index in [0.717, 1.165) is 29.7 Å². The number of carbonyl (C=O) groups excluding carboxylic acids is 1. The molecule has 144 valence electrons. The van der Waals surface area contributed by atoms with Crippen LogP contribution in [0.5, 0.6) is 0 Å². The number of anilines is 1. The highest BCUT2D eigenvalue weighted by Crippen LogP contribution is 2.29. The molecule has 1 heterocycles. The minimum Gasteiger partial charge on any atom is -0.400 e. The molecule has 1 amide bonds. The van der Waals surface area contributed by atoms with Gasteiger partial charge in [-0.3, -0.25) is 9.78 Å². The van der Waals surface area contributed by atoms with Gasteiger partial charge in [-0.2, -0.15) is 0 Å². The Morgan fingerprint density at radius 1 is 1.31 bits per heavy atom. The Bertz CT molecular complexity index is 746. The van der Waals surface area contributed by atoms with E-state index in [9.17, 15) is 9.18 Å². The van der Waals surface area contributed by atoms with Crippen LogP contribution in [-0.2, 0) is 4.79 Å². The summed E-state index contributed by atoms with van der Waals surface area (Å²) in [5, 5.41) is 7.83. The largest absolute Gasteiger partial charge is 0.400 e. The molecule has 1 fully saturated rings. The van der Waals surface area contributed by atoms with Gasteiger partial charge in [0, 0.05) is 32.5 Å². The molecule has 3 rings (SSSR count). The van der Waals surface area contributed by atoms with Crippen LogP contribution in [0.15, 0.2) is 22.8 Å². The van der Waals surface area contributed by atoms with Gasteiger partial charge in [-0.25, -0.2) is 4.39 Å². The number of aliphatic hydroxyl groups is 1. The molecule has 0 saturated heterocycles. The number of fused-ring (bicyclic) bond motifs is 1. The van der Waals surface area contributed by atoms with Gasteiger partial charge in [-0.05, 0) is 40.4 Å². The maximum absolute atomic E-state index is 13.4. The van der Waals surface area contributed by atoms with Crippen molar-refractivity contribution in [3.8, 4) is 0 Å². The summed E-state index contributed by atoms with van der Waals surface area (Å²) in [5.74, 6) is 0.632. The topological polar surface area (TPSA) is 53.4 Å². The van der Waals surface area contributed by atoms with Crippen LogP contribution in [0, 0.1) is 18.7 Å². The zero-order valence-corrected chi connectivity index (χ0v) is 17.7. The number of hydrogen-bond acceptors (Lipinski definition) is 3. The molecule has 1 aromatic carbocycles. The number of carbonyl (C=O) groups is 1. The summed E-state index contributed by atoms with van der Waals surface area (Å²) >= 11 is 3.16. The van der Waals surface area contributed by atoms with E-state index in [1.54, 1.807) is 19.3 Å². The number of nitrogens with zero attached hydrogens (tertiary/aromatic N) is 2. The highest BCUT2D eigenvalue weighted by molar-refractivity contribution is 9.10. The quantitative estimate of drug-likeness (QED) is 0.678. The third kappa shape index (κ3) is 5.74. The van der Waals surface area contributed by atoms with Gasteiger partial charge < -0.3 is 10.0 Å². The van der Waals surface area contributed by atoms with Crippen molar-refractivity contribution < 1.29 is 14.3 Å². The fraction of sp³-hybridized carbons (Fsp3) is 0.500. The molecule has 1 aliphatic carbocycles. The van der Waals surface area contributed by atoms with Crippen molar-refractivity contribution in [2.24, 2.45) is 5.92 Å². The number of benzene rings is 1. The molecule has 4 nitrogen and oxygen atoms in total. The molecule has 26 heavy (non-hydrogen) atoms. The van der Waals surface area contributed by atoms with Crippen LogP contribution in [0.2, 0.25) is 0 Å². The number of aryl methyl sites for hydroxylation is 1. The Balaban J connectivity index is 0.000000353. The third-order valence-corrected chi connectivity index (χ3v) is 5.24. The van der Waals surface area contributed by atoms with E-state index < -0.39 is 0 Å². The van der Waals surface area contributed by atoms with E-state index in [1.165, 1.54) is 43.6 Å². The van der Waals surface area contributed by atoms with Crippen LogP contribution in [-0.4, -0.2) is 30.2 Å². The van der Waals surface area contributed by atoms with Crippen molar-refractivity contribution in [3.05, 3.63) is 34.2 Å². The zero-order chi connectivity index (χ0) is 19.9. The lowest BCUT2D eigenvalue weighted by Gasteiger charge is -2.18. The van der Waals surface area contributed by atoms with Crippen molar-refractivity contribution in [1.29, 1.82) is 0 Å². The summed E-state index contributed by atoms with van der Waals surface area (Å²) in [4.78, 5) is 17.1. The lowest BCUT2D eigenvalue weighted by molar-refractivity contribution is -0.116. The average Bonchev–Trinajstić information content (AvgIpc) is 3.10. The van der Waals surface area contributed by atoms with Crippen molar-refractivity contribution in [3.63, 3.8) is 0 Å². The molecule has 0 aliphatic heterocycles. The molecule has 0 atom stereocenters. The third-order valence-electron chi connectivity index (χ3n) is 4.63. The molecule has 1 aliphatic rings. The van der Waals surface area contributed by atoms with E-state index in [4.69, 9.17) is 5.11 Å². The highest BCUT2D eigenvalue weighted by atomic mass is 79.9. The molecule has 6 heteroatoms. The number of aromatic nitrogens is 1. The Labute approximate surface area is 163 Å². The second-order valence-electron chi connectivity index (χ2n) is 6.52. The molecule has 0 spiro atoms. The van der Waals surface area contributed by atoms with Crippen molar-refractivity contribution in [1.82, 2.24) is 4.98 Å². The average molecular weight is 427 g/mol. The molecule has 2 aromatic rings. The standard InChI is InChI=1S/C13H12BrFN2O.C6H12.CH4O/c1-7-9-4-10(14)11(15)5-12(9)16-6-13(7)17(3)8(2)18;1-6-4-2-3-5-6;1-2/h4-6H,1-3H3;6H,2-5H2,1H3;2H,1H3. The smallest absolute Gasteiger partial charge is 0.223 e. The maximum Gasteiger partial charge on any atom is 0.223 e. The van der Waals surface area contributed by atoms with Crippen molar-refractivity contribution in [2.75, 3.05) is 19.1 Å².